The third-order valence-electron chi connectivity index (χ3n) is 4.40. The van der Waals surface area contributed by atoms with Gasteiger partial charge >= 0.3 is 0 Å². The number of aromatic amines is 1. The highest BCUT2D eigenvalue weighted by Gasteiger charge is 2.14. The van der Waals surface area contributed by atoms with Crippen LogP contribution in [0.3, 0.4) is 0 Å². The Kier molecular flexibility index (Phi) is 3.82. The van der Waals surface area contributed by atoms with Crippen LogP contribution < -0.4 is 5.32 Å². The van der Waals surface area contributed by atoms with Crippen LogP contribution in [-0.4, -0.2) is 17.4 Å². The van der Waals surface area contributed by atoms with Gasteiger partial charge in [0, 0.05) is 28.3 Å². The molecule has 2 aromatic heterocycles. The summed E-state index contributed by atoms with van der Waals surface area (Å²) >= 11 is 1.56. The lowest BCUT2D eigenvalue weighted by molar-refractivity contribution is 0.0958. The highest BCUT2D eigenvalue weighted by Crippen LogP contribution is 2.30. The molecule has 0 spiro atoms. The van der Waals surface area contributed by atoms with Crippen molar-refractivity contribution >= 4 is 38.2 Å². The lowest BCUT2D eigenvalue weighted by Gasteiger charge is -2.04. The quantitative estimate of drug-likeness (QED) is 0.560. The molecule has 2 N–H and O–H groups in total. The Hall–Kier alpha value is -2.59. The fourth-order valence-corrected chi connectivity index (χ4v) is 4.25. The fraction of sp³-hybridized carbons (Fsp3) is 0.150. The van der Waals surface area contributed by atoms with Gasteiger partial charge in [-0.25, -0.2) is 0 Å². The molecule has 0 bridgehead atoms. The second-order valence-electron chi connectivity index (χ2n) is 5.92. The molecule has 0 aliphatic carbocycles. The monoisotopic (exact) mass is 334 g/mol. The Morgan fingerprint density at radius 3 is 2.67 bits per heavy atom. The normalized spacial score (nSPS) is 11.2. The largest absolute Gasteiger partial charge is 0.361 e. The van der Waals surface area contributed by atoms with Gasteiger partial charge in [0.15, 0.2) is 0 Å². The average molecular weight is 334 g/mol. The number of hydrogen-bond acceptors (Lipinski definition) is 2. The number of carbonyl (C=O) groups excluding carboxylic acids is 1. The topological polar surface area (TPSA) is 44.9 Å². The Morgan fingerprint density at radius 1 is 1.08 bits per heavy atom. The zero-order chi connectivity index (χ0) is 16.5. The third kappa shape index (κ3) is 2.59. The summed E-state index contributed by atoms with van der Waals surface area (Å²) in [7, 11) is 0. The second kappa shape index (κ2) is 6.13. The minimum atomic E-state index is 0.0218. The van der Waals surface area contributed by atoms with Crippen LogP contribution in [0.5, 0.6) is 0 Å². The van der Waals surface area contributed by atoms with Gasteiger partial charge < -0.3 is 10.3 Å². The van der Waals surface area contributed by atoms with Gasteiger partial charge in [0.25, 0.3) is 5.91 Å². The van der Waals surface area contributed by atoms with E-state index in [2.05, 4.69) is 34.6 Å². The summed E-state index contributed by atoms with van der Waals surface area (Å²) in [5, 5.41) is 5.46. The second-order valence-corrected chi connectivity index (χ2v) is 6.97. The molecule has 0 aliphatic heterocycles. The van der Waals surface area contributed by atoms with Crippen LogP contribution in [-0.2, 0) is 6.42 Å². The first kappa shape index (κ1) is 15.0. The van der Waals surface area contributed by atoms with Crippen LogP contribution in [0.25, 0.3) is 21.0 Å². The van der Waals surface area contributed by atoms with Gasteiger partial charge in [0.05, 0.1) is 4.88 Å². The number of carbonyl (C=O) groups is 1. The van der Waals surface area contributed by atoms with Crippen molar-refractivity contribution in [1.29, 1.82) is 0 Å². The molecule has 0 atom stereocenters. The molecule has 3 nitrogen and oxygen atoms in total. The van der Waals surface area contributed by atoms with Gasteiger partial charge in [0.2, 0.25) is 0 Å². The summed E-state index contributed by atoms with van der Waals surface area (Å²) < 4.78 is 1.16. The number of rotatable bonds is 4. The Morgan fingerprint density at radius 2 is 1.83 bits per heavy atom. The molecule has 0 fully saturated rings. The highest BCUT2D eigenvalue weighted by molar-refractivity contribution is 7.21. The number of fused-ring (bicyclic) bond motifs is 2. The van der Waals surface area contributed by atoms with Crippen LogP contribution in [0, 0.1) is 6.92 Å². The number of para-hydroxylation sites is 1. The van der Waals surface area contributed by atoms with E-state index in [1.165, 1.54) is 16.3 Å². The summed E-state index contributed by atoms with van der Waals surface area (Å²) in [6, 6.07) is 16.4. The summed E-state index contributed by atoms with van der Waals surface area (Å²) in [6.45, 7) is 2.65. The molecule has 0 saturated heterocycles. The molecule has 2 heterocycles. The van der Waals surface area contributed by atoms with Crippen LogP contribution in [0.4, 0.5) is 0 Å². The number of H-pyrrole nitrogens is 1. The van der Waals surface area contributed by atoms with Crippen LogP contribution >= 0.6 is 11.3 Å². The molecule has 120 valence electrons. The summed E-state index contributed by atoms with van der Waals surface area (Å²) in [5.41, 5.74) is 3.44. The highest BCUT2D eigenvalue weighted by atomic mass is 32.1. The maximum absolute atomic E-state index is 12.5. The molecular weight excluding hydrogens is 316 g/mol. The smallest absolute Gasteiger partial charge is 0.261 e. The number of benzene rings is 2. The standard InChI is InChI=1S/C20H18N2OS/c1-13-15-6-3-5-9-18(15)24-19(13)20(23)21-11-10-14-12-22-17-8-4-2-7-16(14)17/h2-9,12,22H,10-11H2,1H3,(H,21,23). The van der Waals surface area contributed by atoms with Crippen LogP contribution in [0.1, 0.15) is 20.8 Å². The maximum Gasteiger partial charge on any atom is 0.261 e. The van der Waals surface area contributed by atoms with Gasteiger partial charge in [0.1, 0.15) is 0 Å². The van der Waals surface area contributed by atoms with E-state index in [1.54, 1.807) is 11.3 Å². The molecule has 0 aliphatic rings. The van der Waals surface area contributed by atoms with E-state index in [1.807, 2.05) is 37.4 Å². The van der Waals surface area contributed by atoms with Crippen molar-refractivity contribution in [2.24, 2.45) is 0 Å². The molecule has 4 heteroatoms. The molecule has 1 amide bonds. The zero-order valence-corrected chi connectivity index (χ0v) is 14.2. The van der Waals surface area contributed by atoms with E-state index < -0.39 is 0 Å². The first-order valence-electron chi connectivity index (χ1n) is 8.05. The zero-order valence-electron chi connectivity index (χ0n) is 13.4. The first-order valence-corrected chi connectivity index (χ1v) is 8.87. The minimum absolute atomic E-state index is 0.0218. The first-order chi connectivity index (χ1) is 11.7. The number of aryl methyl sites for hydroxylation is 1. The molecular formula is C20H18N2OS. The molecule has 4 aromatic rings. The lowest BCUT2D eigenvalue weighted by Crippen LogP contribution is -2.25. The minimum Gasteiger partial charge on any atom is -0.361 e. The third-order valence-corrected chi connectivity index (χ3v) is 5.68. The number of nitrogens with one attached hydrogen (secondary N) is 2. The van der Waals surface area contributed by atoms with Crippen molar-refractivity contribution < 1.29 is 4.79 Å². The van der Waals surface area contributed by atoms with Crippen molar-refractivity contribution in [3.63, 3.8) is 0 Å². The van der Waals surface area contributed by atoms with Crippen LogP contribution in [0.15, 0.2) is 54.7 Å². The molecule has 0 saturated carbocycles. The molecule has 0 radical (unpaired) electrons. The van der Waals surface area contributed by atoms with Gasteiger partial charge in [-0.15, -0.1) is 11.3 Å². The molecule has 24 heavy (non-hydrogen) atoms. The SMILES string of the molecule is Cc1c(C(=O)NCCc2c[nH]c3ccccc23)sc2ccccc12. The number of aromatic nitrogens is 1. The predicted molar refractivity (Wildman–Crippen MR) is 101 cm³/mol. The van der Waals surface area contributed by atoms with Gasteiger partial charge in [-0.1, -0.05) is 36.4 Å². The van der Waals surface area contributed by atoms with E-state index in [0.29, 0.717) is 6.54 Å². The van der Waals surface area contributed by atoms with Crippen molar-refractivity contribution in [1.82, 2.24) is 10.3 Å². The molecule has 0 unspecified atom stereocenters. The molecule has 2 aromatic carbocycles. The van der Waals surface area contributed by atoms with Gasteiger partial charge in [-0.05, 0) is 42.0 Å². The Labute approximate surface area is 144 Å². The van der Waals surface area contributed by atoms with Crippen molar-refractivity contribution in [3.05, 3.63) is 70.7 Å². The lowest BCUT2D eigenvalue weighted by atomic mass is 10.1. The average Bonchev–Trinajstić information content (AvgIpc) is 3.17. The van der Waals surface area contributed by atoms with E-state index in [-0.39, 0.29) is 5.91 Å². The van der Waals surface area contributed by atoms with Crippen molar-refractivity contribution in [3.8, 4) is 0 Å². The summed E-state index contributed by atoms with van der Waals surface area (Å²) in [5.74, 6) is 0.0218. The molecule has 4 rings (SSSR count). The number of thiophene rings is 1. The van der Waals surface area contributed by atoms with Crippen LogP contribution in [0.2, 0.25) is 0 Å². The van der Waals surface area contributed by atoms with E-state index >= 15 is 0 Å². The fourth-order valence-electron chi connectivity index (χ4n) is 3.12. The predicted octanol–water partition coefficient (Wildman–Crippen LogP) is 4.66. The summed E-state index contributed by atoms with van der Waals surface area (Å²) in [6.07, 6.45) is 2.85. The number of amides is 1. The summed E-state index contributed by atoms with van der Waals surface area (Å²) in [4.78, 5) is 16.6. The maximum atomic E-state index is 12.5. The van der Waals surface area contributed by atoms with Crippen molar-refractivity contribution in [2.45, 2.75) is 13.3 Å². The van der Waals surface area contributed by atoms with Gasteiger partial charge in [-0.3, -0.25) is 4.79 Å². The van der Waals surface area contributed by atoms with E-state index in [0.717, 1.165) is 27.1 Å². The van der Waals surface area contributed by atoms with E-state index in [9.17, 15) is 4.79 Å². The number of hydrogen-bond donors (Lipinski definition) is 2. The van der Waals surface area contributed by atoms with E-state index in [4.69, 9.17) is 0 Å². The van der Waals surface area contributed by atoms with Gasteiger partial charge in [-0.2, -0.15) is 0 Å². The Balaban J connectivity index is 1.47. The van der Waals surface area contributed by atoms with Crippen molar-refractivity contribution in [2.75, 3.05) is 6.54 Å². The Bertz CT molecular complexity index is 1030.